The van der Waals surface area contributed by atoms with Crippen LogP contribution in [0.4, 0.5) is 5.69 Å². The zero-order valence-corrected chi connectivity index (χ0v) is 12.2. The third-order valence-electron chi connectivity index (χ3n) is 2.99. The molecule has 0 spiro atoms. The van der Waals surface area contributed by atoms with Crippen molar-refractivity contribution in [2.45, 2.75) is 19.8 Å². The Bertz CT molecular complexity index is 616. The van der Waals surface area contributed by atoms with Crippen LogP contribution in [0.2, 0.25) is 0 Å². The van der Waals surface area contributed by atoms with E-state index in [-0.39, 0.29) is 5.91 Å². The molecule has 3 nitrogen and oxygen atoms in total. The van der Waals surface area contributed by atoms with E-state index in [1.807, 2.05) is 19.1 Å². The number of carbonyl (C=O) groups excluding carboxylic acids is 1. The topological polar surface area (TPSA) is 42.0 Å². The van der Waals surface area contributed by atoms with Crippen LogP contribution in [0, 0.1) is 6.92 Å². The maximum Gasteiger partial charge on any atom is 0.224 e. The normalized spacial score (nSPS) is 14.2. The van der Waals surface area contributed by atoms with Crippen molar-refractivity contribution in [1.82, 2.24) is 4.98 Å². The maximum absolute atomic E-state index is 11.3. The molecule has 5 heteroatoms. The minimum absolute atomic E-state index is 0.100. The predicted molar refractivity (Wildman–Crippen MR) is 76.9 cm³/mol. The van der Waals surface area contributed by atoms with Gasteiger partial charge in [0, 0.05) is 17.7 Å². The summed E-state index contributed by atoms with van der Waals surface area (Å²) in [4.78, 5) is 15.8. The molecule has 1 N–H and O–H groups in total. The minimum atomic E-state index is 0.100. The van der Waals surface area contributed by atoms with Crippen LogP contribution in [0.1, 0.15) is 17.7 Å². The molecular formula is C13H11BrN2OS. The third-order valence-corrected chi connectivity index (χ3v) is 5.04. The van der Waals surface area contributed by atoms with Gasteiger partial charge in [-0.15, -0.1) is 11.3 Å². The highest BCUT2D eigenvalue weighted by molar-refractivity contribution is 9.11. The van der Waals surface area contributed by atoms with Gasteiger partial charge in [-0.25, -0.2) is 4.98 Å². The molecule has 1 aliphatic rings. The molecule has 0 saturated carbocycles. The number of thiazole rings is 1. The van der Waals surface area contributed by atoms with Crippen molar-refractivity contribution in [3.05, 3.63) is 33.2 Å². The zero-order valence-electron chi connectivity index (χ0n) is 9.79. The number of hydrogen-bond donors (Lipinski definition) is 1. The van der Waals surface area contributed by atoms with Gasteiger partial charge < -0.3 is 5.32 Å². The Morgan fingerprint density at radius 2 is 2.22 bits per heavy atom. The molecule has 0 saturated heterocycles. The Morgan fingerprint density at radius 1 is 1.39 bits per heavy atom. The van der Waals surface area contributed by atoms with Gasteiger partial charge in [0.1, 0.15) is 5.01 Å². The predicted octanol–water partition coefficient (Wildman–Crippen LogP) is 3.77. The molecule has 18 heavy (non-hydrogen) atoms. The first-order chi connectivity index (χ1) is 8.63. The number of hydrogen-bond acceptors (Lipinski definition) is 3. The fourth-order valence-corrected chi connectivity index (χ4v) is 3.36. The first kappa shape index (κ1) is 11.9. The van der Waals surface area contributed by atoms with Gasteiger partial charge in [-0.2, -0.15) is 0 Å². The van der Waals surface area contributed by atoms with E-state index in [9.17, 15) is 4.79 Å². The summed E-state index contributed by atoms with van der Waals surface area (Å²) in [7, 11) is 0. The third kappa shape index (κ3) is 2.08. The first-order valence-electron chi connectivity index (χ1n) is 5.69. The van der Waals surface area contributed by atoms with Crippen molar-refractivity contribution in [1.29, 1.82) is 0 Å². The lowest BCUT2D eigenvalue weighted by Gasteiger charge is -2.17. The number of rotatable bonds is 1. The molecule has 3 rings (SSSR count). The second-order valence-electron chi connectivity index (χ2n) is 4.30. The number of benzene rings is 1. The van der Waals surface area contributed by atoms with Gasteiger partial charge in [-0.3, -0.25) is 4.79 Å². The van der Waals surface area contributed by atoms with Crippen LogP contribution in [0.5, 0.6) is 0 Å². The summed E-state index contributed by atoms with van der Waals surface area (Å²) in [5, 5.41) is 3.90. The monoisotopic (exact) mass is 322 g/mol. The fourth-order valence-electron chi connectivity index (χ4n) is 2.02. The molecule has 2 aromatic rings. The van der Waals surface area contributed by atoms with E-state index in [1.54, 1.807) is 11.3 Å². The second kappa shape index (κ2) is 4.48. The zero-order chi connectivity index (χ0) is 12.7. The van der Waals surface area contributed by atoms with Crippen molar-refractivity contribution in [2.75, 3.05) is 5.32 Å². The molecule has 0 radical (unpaired) electrons. The number of nitrogens with one attached hydrogen (secondary N) is 1. The first-order valence-corrected chi connectivity index (χ1v) is 7.30. The number of amides is 1. The number of aryl methyl sites for hydroxylation is 2. The average molecular weight is 323 g/mol. The van der Waals surface area contributed by atoms with Crippen LogP contribution in [0.15, 0.2) is 22.0 Å². The van der Waals surface area contributed by atoms with E-state index in [0.29, 0.717) is 6.42 Å². The Labute approximate surface area is 117 Å². The van der Waals surface area contributed by atoms with Gasteiger partial charge in [-0.1, -0.05) is 0 Å². The van der Waals surface area contributed by atoms with Crippen LogP contribution >= 0.6 is 27.3 Å². The van der Waals surface area contributed by atoms with E-state index >= 15 is 0 Å². The summed E-state index contributed by atoms with van der Waals surface area (Å²) in [5.74, 6) is 0.100. The lowest BCUT2D eigenvalue weighted by molar-refractivity contribution is -0.116. The number of fused-ring (bicyclic) bond motifs is 1. The number of halogens is 1. The van der Waals surface area contributed by atoms with E-state index in [1.165, 1.54) is 5.56 Å². The van der Waals surface area contributed by atoms with E-state index in [0.717, 1.165) is 32.2 Å². The van der Waals surface area contributed by atoms with Crippen LogP contribution in [-0.4, -0.2) is 10.9 Å². The van der Waals surface area contributed by atoms with E-state index in [4.69, 9.17) is 0 Å². The quantitative estimate of drug-likeness (QED) is 0.868. The van der Waals surface area contributed by atoms with Crippen molar-refractivity contribution in [2.24, 2.45) is 0 Å². The molecule has 92 valence electrons. The molecule has 1 aromatic carbocycles. The maximum atomic E-state index is 11.3. The van der Waals surface area contributed by atoms with Crippen LogP contribution in [-0.2, 0) is 11.2 Å². The SMILES string of the molecule is Cc1nc(-c2ccc3c(c2)CCC(=O)N3)sc1Br. The number of aromatic nitrogens is 1. The second-order valence-corrected chi connectivity index (χ2v) is 6.62. The molecule has 0 bridgehead atoms. The summed E-state index contributed by atoms with van der Waals surface area (Å²) in [5.41, 5.74) is 4.25. The molecule has 0 aliphatic carbocycles. The Kier molecular flexibility index (Phi) is 2.95. The average Bonchev–Trinajstić information content (AvgIpc) is 2.69. The van der Waals surface area contributed by atoms with Gasteiger partial charge in [-0.05, 0) is 53.0 Å². The molecule has 1 aromatic heterocycles. The van der Waals surface area contributed by atoms with E-state index in [2.05, 4.69) is 32.3 Å². The highest BCUT2D eigenvalue weighted by Crippen LogP contribution is 2.34. The van der Waals surface area contributed by atoms with Gasteiger partial charge in [0.25, 0.3) is 0 Å². The lowest BCUT2D eigenvalue weighted by atomic mass is 10.0. The molecular weight excluding hydrogens is 312 g/mol. The van der Waals surface area contributed by atoms with Gasteiger partial charge >= 0.3 is 0 Å². The largest absolute Gasteiger partial charge is 0.326 e. The lowest BCUT2D eigenvalue weighted by Crippen LogP contribution is -2.18. The molecule has 1 aliphatic heterocycles. The molecule has 1 amide bonds. The molecule has 0 fully saturated rings. The van der Waals surface area contributed by atoms with Gasteiger partial charge in [0.05, 0.1) is 9.48 Å². The minimum Gasteiger partial charge on any atom is -0.326 e. The summed E-state index contributed by atoms with van der Waals surface area (Å²) < 4.78 is 1.07. The molecule has 0 atom stereocenters. The standard InChI is InChI=1S/C13H11BrN2OS/c1-7-12(14)18-13(15-7)9-2-4-10-8(6-9)3-5-11(17)16-10/h2,4,6H,3,5H2,1H3,(H,16,17). The van der Waals surface area contributed by atoms with Crippen molar-refractivity contribution < 1.29 is 4.79 Å². The number of carbonyl (C=O) groups is 1. The summed E-state index contributed by atoms with van der Waals surface area (Å²) in [6, 6.07) is 6.10. The van der Waals surface area contributed by atoms with E-state index < -0.39 is 0 Å². The molecule has 0 unspecified atom stereocenters. The van der Waals surface area contributed by atoms with Crippen LogP contribution < -0.4 is 5.32 Å². The Morgan fingerprint density at radius 3 is 2.94 bits per heavy atom. The van der Waals surface area contributed by atoms with Gasteiger partial charge in [0.2, 0.25) is 5.91 Å². The highest BCUT2D eigenvalue weighted by Gasteiger charge is 2.16. The van der Waals surface area contributed by atoms with Crippen molar-refractivity contribution in [3.63, 3.8) is 0 Å². The summed E-state index contributed by atoms with van der Waals surface area (Å²) >= 11 is 5.13. The van der Waals surface area contributed by atoms with Crippen molar-refractivity contribution in [3.8, 4) is 10.6 Å². The summed E-state index contributed by atoms with van der Waals surface area (Å²) in [6.07, 6.45) is 1.37. The fraction of sp³-hybridized carbons (Fsp3) is 0.231. The highest BCUT2D eigenvalue weighted by atomic mass is 79.9. The van der Waals surface area contributed by atoms with Crippen LogP contribution in [0.3, 0.4) is 0 Å². The molecule has 2 heterocycles. The number of nitrogens with zero attached hydrogens (tertiary/aromatic N) is 1. The Hall–Kier alpha value is -1.20. The smallest absolute Gasteiger partial charge is 0.224 e. The Balaban J connectivity index is 2.02. The van der Waals surface area contributed by atoms with Gasteiger partial charge in [0.15, 0.2) is 0 Å². The van der Waals surface area contributed by atoms with Crippen molar-refractivity contribution >= 4 is 38.9 Å². The number of anilines is 1. The summed E-state index contributed by atoms with van der Waals surface area (Å²) in [6.45, 7) is 1.99. The van der Waals surface area contributed by atoms with Crippen LogP contribution in [0.25, 0.3) is 10.6 Å².